The first-order valence-electron chi connectivity index (χ1n) is 5.93. The summed E-state index contributed by atoms with van der Waals surface area (Å²) in [5.41, 5.74) is 0. The average Bonchev–Trinajstić information content (AvgIpc) is 2.63. The van der Waals surface area contributed by atoms with Crippen molar-refractivity contribution in [3.05, 3.63) is 0 Å². The lowest BCUT2D eigenvalue weighted by molar-refractivity contribution is -0.273. The molecule has 0 aromatic heterocycles. The highest BCUT2D eigenvalue weighted by atomic mass is 32.3. The fourth-order valence-electron chi connectivity index (χ4n) is 2.58. The number of hydrogen-bond acceptors (Lipinski definition) is 8. The van der Waals surface area contributed by atoms with Crippen LogP contribution in [0.1, 0.15) is 13.8 Å². The van der Waals surface area contributed by atoms with Crippen molar-refractivity contribution >= 4 is 10.4 Å². The first-order valence-corrected chi connectivity index (χ1v) is 7.26. The van der Waals surface area contributed by atoms with Gasteiger partial charge in [-0.2, -0.15) is 8.42 Å². The van der Waals surface area contributed by atoms with Crippen molar-refractivity contribution < 1.29 is 35.7 Å². The summed E-state index contributed by atoms with van der Waals surface area (Å²) in [5, 5.41) is 0. The lowest BCUT2D eigenvalue weighted by atomic mass is 9.99. The Hall–Kier alpha value is -0.290. The molecule has 5 atom stereocenters. The molecule has 0 bridgehead atoms. The van der Waals surface area contributed by atoms with E-state index in [1.165, 1.54) is 7.11 Å². The largest absolute Gasteiger partial charge is 0.400 e. The highest BCUT2D eigenvalue weighted by Gasteiger charge is 2.58. The van der Waals surface area contributed by atoms with Gasteiger partial charge < -0.3 is 18.9 Å². The number of rotatable bonds is 1. The third-order valence-electron chi connectivity index (χ3n) is 3.27. The molecule has 8 nitrogen and oxygen atoms in total. The van der Waals surface area contributed by atoms with Gasteiger partial charge in [-0.25, -0.2) is 8.37 Å². The van der Waals surface area contributed by atoms with Crippen LogP contribution in [0.3, 0.4) is 0 Å². The molecule has 3 rings (SSSR count). The third kappa shape index (κ3) is 2.40. The molecule has 0 aromatic carbocycles. The van der Waals surface area contributed by atoms with Crippen LogP contribution < -0.4 is 0 Å². The minimum absolute atomic E-state index is 0.125. The van der Waals surface area contributed by atoms with Crippen molar-refractivity contribution in [1.29, 1.82) is 0 Å². The number of ether oxygens (including phenoxy) is 4. The Morgan fingerprint density at radius 3 is 2.53 bits per heavy atom. The summed E-state index contributed by atoms with van der Waals surface area (Å²) in [6.45, 7) is 3.35. The number of hydrogen-bond donors (Lipinski definition) is 0. The van der Waals surface area contributed by atoms with Crippen molar-refractivity contribution in [3.63, 3.8) is 0 Å². The van der Waals surface area contributed by atoms with Crippen LogP contribution in [0.15, 0.2) is 0 Å². The molecular formula is C10H16O8S. The fourth-order valence-corrected chi connectivity index (χ4v) is 3.44. The van der Waals surface area contributed by atoms with Crippen LogP contribution in [0.4, 0.5) is 0 Å². The van der Waals surface area contributed by atoms with Gasteiger partial charge in [0, 0.05) is 7.11 Å². The Kier molecular flexibility index (Phi) is 3.13. The van der Waals surface area contributed by atoms with Crippen LogP contribution in [0, 0.1) is 0 Å². The molecule has 2 unspecified atom stereocenters. The zero-order chi connectivity index (χ0) is 13.8. The summed E-state index contributed by atoms with van der Waals surface area (Å²) in [5.74, 6) is -0.851. The first kappa shape index (κ1) is 13.7. The zero-order valence-corrected chi connectivity index (χ0v) is 11.6. The van der Waals surface area contributed by atoms with Crippen molar-refractivity contribution in [2.24, 2.45) is 0 Å². The standard InChI is InChI=1S/C10H16O8S/c1-10(2)16-7-6-5(4-14-19(11,12)18-6)15-9(13-3)8(7)17-10/h5-9H,4H2,1-3H3/t5?,6-,7+,8?,9+/m1/s1. The van der Waals surface area contributed by atoms with E-state index in [0.29, 0.717) is 0 Å². The normalized spacial score (nSPS) is 47.4. The van der Waals surface area contributed by atoms with Crippen molar-refractivity contribution in [1.82, 2.24) is 0 Å². The summed E-state index contributed by atoms with van der Waals surface area (Å²) >= 11 is 0. The van der Waals surface area contributed by atoms with Crippen LogP contribution >= 0.6 is 0 Å². The van der Waals surface area contributed by atoms with Crippen molar-refractivity contribution in [2.45, 2.75) is 50.3 Å². The van der Waals surface area contributed by atoms with Crippen LogP contribution in [-0.4, -0.2) is 58.6 Å². The van der Waals surface area contributed by atoms with Gasteiger partial charge >= 0.3 is 10.4 Å². The molecule has 0 spiro atoms. The van der Waals surface area contributed by atoms with Gasteiger partial charge in [-0.1, -0.05) is 0 Å². The van der Waals surface area contributed by atoms with Crippen LogP contribution in [-0.2, 0) is 37.7 Å². The molecular weight excluding hydrogens is 280 g/mol. The lowest BCUT2D eigenvalue weighted by Crippen LogP contribution is -2.61. The molecule has 0 N–H and O–H groups in total. The Bertz CT molecular complexity index is 460. The quantitative estimate of drug-likeness (QED) is 0.642. The first-order chi connectivity index (χ1) is 8.81. The molecule has 0 aromatic rings. The third-order valence-corrected chi connectivity index (χ3v) is 4.15. The van der Waals surface area contributed by atoms with Gasteiger partial charge in [0.25, 0.3) is 0 Å². The van der Waals surface area contributed by atoms with Gasteiger partial charge in [0.05, 0.1) is 6.61 Å². The van der Waals surface area contributed by atoms with Gasteiger partial charge in [-0.15, -0.1) is 0 Å². The molecule has 19 heavy (non-hydrogen) atoms. The van der Waals surface area contributed by atoms with E-state index in [2.05, 4.69) is 4.18 Å². The SMILES string of the molecule is CO[C@H]1OC2COS(=O)(=O)O[C@H]2[C@@H]2OC(C)(C)OC12. The van der Waals surface area contributed by atoms with E-state index >= 15 is 0 Å². The predicted molar refractivity (Wildman–Crippen MR) is 59.2 cm³/mol. The molecule has 0 saturated carbocycles. The highest BCUT2D eigenvalue weighted by Crippen LogP contribution is 2.40. The van der Waals surface area contributed by atoms with Gasteiger partial charge in [0.15, 0.2) is 12.1 Å². The second kappa shape index (κ2) is 4.35. The second-order valence-corrected chi connectivity index (χ2v) is 6.34. The van der Waals surface area contributed by atoms with E-state index in [9.17, 15) is 8.42 Å². The van der Waals surface area contributed by atoms with Gasteiger partial charge in [0.2, 0.25) is 0 Å². The summed E-state index contributed by atoms with van der Waals surface area (Å²) in [7, 11) is -2.53. The Morgan fingerprint density at radius 1 is 1.16 bits per heavy atom. The van der Waals surface area contributed by atoms with Crippen LogP contribution in [0.5, 0.6) is 0 Å². The lowest BCUT2D eigenvalue weighted by Gasteiger charge is -2.42. The summed E-state index contributed by atoms with van der Waals surface area (Å²) in [6.07, 6.45) is -3.16. The average molecular weight is 296 g/mol. The molecule has 0 amide bonds. The molecule has 3 fully saturated rings. The maximum atomic E-state index is 11.4. The Labute approximate surface area is 111 Å². The van der Waals surface area contributed by atoms with E-state index in [-0.39, 0.29) is 6.61 Å². The van der Waals surface area contributed by atoms with Gasteiger partial charge in [-0.05, 0) is 13.8 Å². The Morgan fingerprint density at radius 2 is 1.84 bits per heavy atom. The summed E-state index contributed by atoms with van der Waals surface area (Å²) in [4.78, 5) is 0. The Balaban J connectivity index is 1.89. The predicted octanol–water partition coefficient (Wildman–Crippen LogP) is -0.462. The van der Waals surface area contributed by atoms with Crippen molar-refractivity contribution in [3.8, 4) is 0 Å². The smallest absolute Gasteiger partial charge is 0.353 e. The molecule has 0 radical (unpaired) electrons. The van der Waals surface area contributed by atoms with E-state index in [4.69, 9.17) is 23.1 Å². The molecule has 0 aliphatic carbocycles. The molecule has 3 saturated heterocycles. The minimum atomic E-state index is -4.01. The summed E-state index contributed by atoms with van der Waals surface area (Å²) < 4.78 is 54.5. The van der Waals surface area contributed by atoms with Gasteiger partial charge in [0.1, 0.15) is 24.4 Å². The molecule has 3 aliphatic heterocycles. The molecule has 110 valence electrons. The van der Waals surface area contributed by atoms with Crippen LogP contribution in [0.25, 0.3) is 0 Å². The van der Waals surface area contributed by atoms with E-state index in [1.807, 2.05) is 0 Å². The second-order valence-electron chi connectivity index (χ2n) is 5.10. The van der Waals surface area contributed by atoms with E-state index < -0.39 is 46.9 Å². The zero-order valence-electron chi connectivity index (χ0n) is 10.8. The van der Waals surface area contributed by atoms with E-state index in [1.54, 1.807) is 13.8 Å². The number of methoxy groups -OCH3 is 1. The van der Waals surface area contributed by atoms with Crippen LogP contribution in [0.2, 0.25) is 0 Å². The van der Waals surface area contributed by atoms with E-state index in [0.717, 1.165) is 0 Å². The monoisotopic (exact) mass is 296 g/mol. The minimum Gasteiger partial charge on any atom is -0.353 e. The number of fused-ring (bicyclic) bond motifs is 3. The molecule has 3 heterocycles. The van der Waals surface area contributed by atoms with Gasteiger partial charge in [-0.3, -0.25) is 0 Å². The topological polar surface area (TPSA) is 89.5 Å². The fraction of sp³-hybridized carbons (Fsp3) is 1.00. The maximum Gasteiger partial charge on any atom is 0.400 e. The molecule has 3 aliphatic rings. The molecule has 9 heteroatoms. The van der Waals surface area contributed by atoms with Crippen molar-refractivity contribution in [2.75, 3.05) is 13.7 Å². The summed E-state index contributed by atoms with van der Waals surface area (Å²) in [6, 6.07) is 0. The highest BCUT2D eigenvalue weighted by molar-refractivity contribution is 7.81. The maximum absolute atomic E-state index is 11.4.